The van der Waals surface area contributed by atoms with Gasteiger partial charge in [-0.15, -0.1) is 0 Å². The highest BCUT2D eigenvalue weighted by atomic mass is 16.2. The van der Waals surface area contributed by atoms with Gasteiger partial charge in [0.1, 0.15) is 23.3 Å². The van der Waals surface area contributed by atoms with Crippen LogP contribution in [0, 0.1) is 19.8 Å². The standard InChI is InChI=1S/C21H30N6O/c1-5-17(6-2)21(28)27-11-9-26(10-12-27)20-14-19(23-16(4)24-20)25-18-13-15(3)7-8-22-18/h7-8,13-14,17H,5-6,9-12H2,1-4H3,(H,22,23,24,25). The zero-order valence-corrected chi connectivity index (χ0v) is 17.3. The summed E-state index contributed by atoms with van der Waals surface area (Å²) >= 11 is 0. The lowest BCUT2D eigenvalue weighted by molar-refractivity contribution is -0.136. The Bertz CT molecular complexity index is 812. The fraction of sp³-hybridized carbons (Fsp3) is 0.524. The molecule has 0 saturated carbocycles. The van der Waals surface area contributed by atoms with Gasteiger partial charge in [0.25, 0.3) is 0 Å². The Hall–Kier alpha value is -2.70. The number of hydrogen-bond donors (Lipinski definition) is 1. The van der Waals surface area contributed by atoms with E-state index in [9.17, 15) is 4.79 Å². The number of piperazine rings is 1. The number of aromatic nitrogens is 3. The topological polar surface area (TPSA) is 74.2 Å². The van der Waals surface area contributed by atoms with Gasteiger partial charge in [0.05, 0.1) is 0 Å². The molecule has 0 atom stereocenters. The molecule has 1 fully saturated rings. The van der Waals surface area contributed by atoms with Crippen LogP contribution < -0.4 is 10.2 Å². The molecular weight excluding hydrogens is 352 g/mol. The minimum absolute atomic E-state index is 0.144. The van der Waals surface area contributed by atoms with Crippen molar-refractivity contribution in [2.75, 3.05) is 36.4 Å². The number of nitrogens with zero attached hydrogens (tertiary/aromatic N) is 5. The van der Waals surface area contributed by atoms with Crippen molar-refractivity contribution in [3.05, 3.63) is 35.8 Å². The zero-order valence-electron chi connectivity index (χ0n) is 17.3. The van der Waals surface area contributed by atoms with Gasteiger partial charge in [0.15, 0.2) is 0 Å². The first-order valence-corrected chi connectivity index (χ1v) is 10.1. The highest BCUT2D eigenvalue weighted by Gasteiger charge is 2.26. The summed E-state index contributed by atoms with van der Waals surface area (Å²) in [7, 11) is 0. The number of amides is 1. The van der Waals surface area contributed by atoms with E-state index in [2.05, 4.69) is 39.0 Å². The summed E-state index contributed by atoms with van der Waals surface area (Å²) in [5.41, 5.74) is 1.14. The average Bonchev–Trinajstić information content (AvgIpc) is 2.68. The quantitative estimate of drug-likeness (QED) is 0.826. The van der Waals surface area contributed by atoms with E-state index < -0.39 is 0 Å². The number of nitrogens with one attached hydrogen (secondary N) is 1. The van der Waals surface area contributed by atoms with Crippen LogP contribution in [-0.2, 0) is 4.79 Å². The second-order valence-corrected chi connectivity index (χ2v) is 7.33. The third kappa shape index (κ3) is 4.77. The van der Waals surface area contributed by atoms with Crippen LogP contribution in [0.2, 0.25) is 0 Å². The number of aryl methyl sites for hydroxylation is 2. The fourth-order valence-corrected chi connectivity index (χ4v) is 3.57. The molecule has 2 aromatic heterocycles. The van der Waals surface area contributed by atoms with E-state index >= 15 is 0 Å². The molecule has 0 aromatic carbocycles. The number of anilines is 3. The second kappa shape index (κ2) is 8.99. The Kier molecular flexibility index (Phi) is 6.44. The van der Waals surface area contributed by atoms with E-state index in [1.807, 2.05) is 36.9 Å². The molecule has 7 heteroatoms. The van der Waals surface area contributed by atoms with Crippen LogP contribution in [0.5, 0.6) is 0 Å². The van der Waals surface area contributed by atoms with Crippen LogP contribution >= 0.6 is 0 Å². The van der Waals surface area contributed by atoms with Crippen molar-refractivity contribution in [3.8, 4) is 0 Å². The maximum absolute atomic E-state index is 12.6. The summed E-state index contributed by atoms with van der Waals surface area (Å²) < 4.78 is 0. The van der Waals surface area contributed by atoms with Gasteiger partial charge >= 0.3 is 0 Å². The molecule has 1 saturated heterocycles. The molecule has 1 amide bonds. The Labute approximate surface area is 167 Å². The Morgan fingerprint density at radius 1 is 1.07 bits per heavy atom. The van der Waals surface area contributed by atoms with Gasteiger partial charge in [-0.3, -0.25) is 4.79 Å². The lowest BCUT2D eigenvalue weighted by atomic mass is 10.0. The van der Waals surface area contributed by atoms with E-state index in [-0.39, 0.29) is 11.8 Å². The van der Waals surface area contributed by atoms with Crippen molar-refractivity contribution >= 4 is 23.4 Å². The third-order valence-corrected chi connectivity index (χ3v) is 5.25. The molecule has 1 aliphatic heterocycles. The molecule has 1 N–H and O–H groups in total. The second-order valence-electron chi connectivity index (χ2n) is 7.33. The number of carbonyl (C=O) groups is 1. The van der Waals surface area contributed by atoms with Crippen molar-refractivity contribution in [1.29, 1.82) is 0 Å². The molecule has 0 unspecified atom stereocenters. The molecule has 0 bridgehead atoms. The summed E-state index contributed by atoms with van der Waals surface area (Å²) in [6, 6.07) is 5.90. The van der Waals surface area contributed by atoms with E-state index in [0.717, 1.165) is 62.0 Å². The summed E-state index contributed by atoms with van der Waals surface area (Å²) in [6.07, 6.45) is 3.59. The Morgan fingerprint density at radius 3 is 2.43 bits per heavy atom. The zero-order chi connectivity index (χ0) is 20.1. The van der Waals surface area contributed by atoms with Crippen LogP contribution in [0.15, 0.2) is 24.4 Å². The van der Waals surface area contributed by atoms with Gasteiger partial charge in [0, 0.05) is 44.4 Å². The van der Waals surface area contributed by atoms with E-state index in [0.29, 0.717) is 5.82 Å². The van der Waals surface area contributed by atoms with Crippen LogP contribution in [0.25, 0.3) is 0 Å². The highest BCUT2D eigenvalue weighted by molar-refractivity contribution is 5.79. The first kappa shape index (κ1) is 20.0. The number of rotatable bonds is 6. The number of pyridine rings is 1. The molecule has 7 nitrogen and oxygen atoms in total. The van der Waals surface area contributed by atoms with E-state index in [1.54, 1.807) is 6.20 Å². The summed E-state index contributed by atoms with van der Waals surface area (Å²) in [5, 5.41) is 3.27. The summed E-state index contributed by atoms with van der Waals surface area (Å²) in [5.74, 6) is 3.53. The van der Waals surface area contributed by atoms with Crippen molar-refractivity contribution in [1.82, 2.24) is 19.9 Å². The molecule has 3 heterocycles. The SMILES string of the molecule is CCC(CC)C(=O)N1CCN(c2cc(Nc3cc(C)ccn3)nc(C)n2)CC1. The average molecular weight is 383 g/mol. The highest BCUT2D eigenvalue weighted by Crippen LogP contribution is 2.21. The molecule has 0 spiro atoms. The fourth-order valence-electron chi connectivity index (χ4n) is 3.57. The van der Waals surface area contributed by atoms with Crippen molar-refractivity contribution in [2.45, 2.75) is 40.5 Å². The maximum atomic E-state index is 12.6. The summed E-state index contributed by atoms with van der Waals surface area (Å²) in [4.78, 5) is 30.3. The molecular formula is C21H30N6O. The first-order valence-electron chi connectivity index (χ1n) is 10.1. The van der Waals surface area contributed by atoms with Crippen LogP contribution in [0.1, 0.15) is 38.1 Å². The number of carbonyl (C=O) groups excluding carboxylic acids is 1. The lowest BCUT2D eigenvalue weighted by Gasteiger charge is -2.37. The Balaban J connectivity index is 1.68. The van der Waals surface area contributed by atoms with Crippen LogP contribution in [0.3, 0.4) is 0 Å². The first-order chi connectivity index (χ1) is 13.5. The van der Waals surface area contributed by atoms with Crippen molar-refractivity contribution in [3.63, 3.8) is 0 Å². The number of hydrogen-bond acceptors (Lipinski definition) is 6. The van der Waals surface area contributed by atoms with Gasteiger partial charge < -0.3 is 15.1 Å². The normalized spacial score (nSPS) is 14.5. The van der Waals surface area contributed by atoms with E-state index in [1.165, 1.54) is 0 Å². The lowest BCUT2D eigenvalue weighted by Crippen LogP contribution is -2.50. The summed E-state index contributed by atoms with van der Waals surface area (Å²) in [6.45, 7) is 11.1. The molecule has 2 aromatic rings. The predicted molar refractivity (Wildman–Crippen MR) is 112 cm³/mol. The molecule has 3 rings (SSSR count). The molecule has 1 aliphatic rings. The van der Waals surface area contributed by atoms with Gasteiger partial charge in [-0.25, -0.2) is 15.0 Å². The minimum atomic E-state index is 0.144. The molecule has 0 radical (unpaired) electrons. The third-order valence-electron chi connectivity index (χ3n) is 5.25. The maximum Gasteiger partial charge on any atom is 0.225 e. The van der Waals surface area contributed by atoms with Crippen LogP contribution in [0.4, 0.5) is 17.5 Å². The van der Waals surface area contributed by atoms with Crippen LogP contribution in [-0.4, -0.2) is 51.9 Å². The molecule has 150 valence electrons. The molecule has 28 heavy (non-hydrogen) atoms. The van der Waals surface area contributed by atoms with Gasteiger partial charge in [-0.1, -0.05) is 13.8 Å². The van der Waals surface area contributed by atoms with Gasteiger partial charge in [-0.05, 0) is 44.4 Å². The van der Waals surface area contributed by atoms with Gasteiger partial charge in [-0.2, -0.15) is 0 Å². The smallest absolute Gasteiger partial charge is 0.225 e. The minimum Gasteiger partial charge on any atom is -0.353 e. The van der Waals surface area contributed by atoms with Crippen molar-refractivity contribution in [2.24, 2.45) is 5.92 Å². The molecule has 0 aliphatic carbocycles. The van der Waals surface area contributed by atoms with Crippen molar-refractivity contribution < 1.29 is 4.79 Å². The predicted octanol–water partition coefficient (Wildman–Crippen LogP) is 3.32. The van der Waals surface area contributed by atoms with E-state index in [4.69, 9.17) is 0 Å². The largest absolute Gasteiger partial charge is 0.353 e. The Morgan fingerprint density at radius 2 is 1.79 bits per heavy atom. The van der Waals surface area contributed by atoms with Gasteiger partial charge in [0.2, 0.25) is 5.91 Å². The monoisotopic (exact) mass is 382 g/mol.